The molecule has 0 atom stereocenters. The van der Waals surface area contributed by atoms with Crippen molar-refractivity contribution in [2.45, 2.75) is 26.1 Å². The first-order chi connectivity index (χ1) is 8.78. The SMILES string of the molecule is CC(C)N(CCNc1ccc(Cl)cc1)CC(F)(F)F. The molecule has 1 rings (SSSR count). The third-order valence-electron chi connectivity index (χ3n) is 2.69. The van der Waals surface area contributed by atoms with Gasteiger partial charge in [0.1, 0.15) is 0 Å². The van der Waals surface area contributed by atoms with E-state index in [4.69, 9.17) is 11.6 Å². The molecule has 6 heteroatoms. The standard InChI is InChI=1S/C13H18ClF3N2/c1-10(2)19(9-13(15,16)17)8-7-18-12-5-3-11(14)4-6-12/h3-6,10,18H,7-9H2,1-2H3. The number of hydrogen-bond donors (Lipinski definition) is 1. The van der Waals surface area contributed by atoms with Crippen molar-refractivity contribution in [3.63, 3.8) is 0 Å². The molecule has 0 fully saturated rings. The van der Waals surface area contributed by atoms with Gasteiger partial charge in [-0.15, -0.1) is 0 Å². The molecular weight excluding hydrogens is 277 g/mol. The Morgan fingerprint density at radius 3 is 2.26 bits per heavy atom. The fraction of sp³-hybridized carbons (Fsp3) is 0.538. The molecule has 1 N–H and O–H groups in total. The molecule has 0 aliphatic rings. The van der Waals surface area contributed by atoms with Crippen LogP contribution in [0.1, 0.15) is 13.8 Å². The minimum Gasteiger partial charge on any atom is -0.384 e. The minimum atomic E-state index is -4.16. The summed E-state index contributed by atoms with van der Waals surface area (Å²) in [6.45, 7) is 3.42. The molecule has 1 aromatic carbocycles. The summed E-state index contributed by atoms with van der Waals surface area (Å²) in [6.07, 6.45) is -4.16. The highest BCUT2D eigenvalue weighted by atomic mass is 35.5. The molecule has 0 radical (unpaired) electrons. The van der Waals surface area contributed by atoms with Crippen LogP contribution >= 0.6 is 11.6 Å². The first-order valence-corrected chi connectivity index (χ1v) is 6.46. The Balaban J connectivity index is 2.42. The van der Waals surface area contributed by atoms with E-state index in [1.807, 2.05) is 0 Å². The van der Waals surface area contributed by atoms with Gasteiger partial charge in [0, 0.05) is 29.8 Å². The van der Waals surface area contributed by atoms with E-state index in [1.54, 1.807) is 38.1 Å². The lowest BCUT2D eigenvalue weighted by Gasteiger charge is -2.27. The topological polar surface area (TPSA) is 15.3 Å². The molecule has 19 heavy (non-hydrogen) atoms. The van der Waals surface area contributed by atoms with Crippen molar-refractivity contribution >= 4 is 17.3 Å². The molecule has 0 saturated heterocycles. The van der Waals surface area contributed by atoms with Gasteiger partial charge in [0.25, 0.3) is 0 Å². The number of hydrogen-bond acceptors (Lipinski definition) is 2. The van der Waals surface area contributed by atoms with Gasteiger partial charge in [-0.25, -0.2) is 0 Å². The monoisotopic (exact) mass is 294 g/mol. The van der Waals surface area contributed by atoms with E-state index in [2.05, 4.69) is 5.32 Å². The summed E-state index contributed by atoms with van der Waals surface area (Å²) < 4.78 is 37.2. The summed E-state index contributed by atoms with van der Waals surface area (Å²) in [5, 5.41) is 3.71. The second kappa shape index (κ2) is 7.01. The first kappa shape index (κ1) is 16.1. The minimum absolute atomic E-state index is 0.145. The lowest BCUT2D eigenvalue weighted by Crippen LogP contribution is -2.41. The normalized spacial score (nSPS) is 12.2. The van der Waals surface area contributed by atoms with Gasteiger partial charge in [-0.2, -0.15) is 13.2 Å². The van der Waals surface area contributed by atoms with Crippen molar-refractivity contribution in [1.82, 2.24) is 4.90 Å². The highest BCUT2D eigenvalue weighted by molar-refractivity contribution is 6.30. The van der Waals surface area contributed by atoms with Crippen LogP contribution in [0.5, 0.6) is 0 Å². The maximum atomic E-state index is 12.4. The van der Waals surface area contributed by atoms with Gasteiger partial charge < -0.3 is 5.32 Å². The van der Waals surface area contributed by atoms with E-state index in [0.29, 0.717) is 18.1 Å². The third-order valence-corrected chi connectivity index (χ3v) is 2.94. The van der Waals surface area contributed by atoms with Crippen molar-refractivity contribution in [2.24, 2.45) is 0 Å². The maximum absolute atomic E-state index is 12.4. The molecule has 0 bridgehead atoms. The molecule has 0 heterocycles. The van der Waals surface area contributed by atoms with E-state index in [0.717, 1.165) is 5.69 Å². The molecule has 108 valence electrons. The molecule has 0 spiro atoms. The lowest BCUT2D eigenvalue weighted by atomic mass is 10.3. The van der Waals surface area contributed by atoms with Gasteiger partial charge in [-0.3, -0.25) is 4.90 Å². The van der Waals surface area contributed by atoms with Crippen LogP contribution in [0, 0.1) is 0 Å². The van der Waals surface area contributed by atoms with Crippen LogP contribution in [-0.4, -0.2) is 36.8 Å². The van der Waals surface area contributed by atoms with Crippen molar-refractivity contribution in [2.75, 3.05) is 25.0 Å². The van der Waals surface area contributed by atoms with Crippen LogP contribution in [-0.2, 0) is 0 Å². The molecule has 2 nitrogen and oxygen atoms in total. The molecular formula is C13H18ClF3N2. The van der Waals surface area contributed by atoms with Crippen molar-refractivity contribution < 1.29 is 13.2 Å². The summed E-state index contributed by atoms with van der Waals surface area (Å²) in [5.74, 6) is 0. The first-order valence-electron chi connectivity index (χ1n) is 6.08. The molecule has 0 aromatic heterocycles. The summed E-state index contributed by atoms with van der Waals surface area (Å²) in [5.41, 5.74) is 0.847. The number of halogens is 4. The van der Waals surface area contributed by atoms with Crippen LogP contribution in [0.3, 0.4) is 0 Å². The Labute approximate surface area is 116 Å². The number of nitrogens with one attached hydrogen (secondary N) is 1. The zero-order valence-corrected chi connectivity index (χ0v) is 11.7. The average molecular weight is 295 g/mol. The fourth-order valence-corrected chi connectivity index (χ4v) is 1.79. The quantitative estimate of drug-likeness (QED) is 0.852. The fourth-order valence-electron chi connectivity index (χ4n) is 1.66. The van der Waals surface area contributed by atoms with Crippen LogP contribution in [0.15, 0.2) is 24.3 Å². The Bertz CT molecular complexity index is 376. The van der Waals surface area contributed by atoms with Crippen molar-refractivity contribution in [1.29, 1.82) is 0 Å². The van der Waals surface area contributed by atoms with Gasteiger partial charge >= 0.3 is 6.18 Å². The Morgan fingerprint density at radius 1 is 1.21 bits per heavy atom. The van der Waals surface area contributed by atoms with E-state index >= 15 is 0 Å². The highest BCUT2D eigenvalue weighted by Gasteiger charge is 2.31. The van der Waals surface area contributed by atoms with Crippen LogP contribution in [0.4, 0.5) is 18.9 Å². The predicted octanol–water partition coefficient (Wildman–Crippen LogP) is 4.02. The zero-order valence-electron chi connectivity index (χ0n) is 11.0. The van der Waals surface area contributed by atoms with E-state index in [1.165, 1.54) is 4.90 Å². The Morgan fingerprint density at radius 2 is 1.79 bits per heavy atom. The van der Waals surface area contributed by atoms with Crippen LogP contribution in [0.2, 0.25) is 5.02 Å². The van der Waals surface area contributed by atoms with E-state index in [9.17, 15) is 13.2 Å². The summed E-state index contributed by atoms with van der Waals surface area (Å²) in [4.78, 5) is 1.39. The summed E-state index contributed by atoms with van der Waals surface area (Å²) in [6, 6.07) is 6.92. The molecule has 1 aromatic rings. The summed E-state index contributed by atoms with van der Waals surface area (Å²) in [7, 11) is 0. The Kier molecular flexibility index (Phi) is 5.94. The molecule has 0 aliphatic heterocycles. The number of anilines is 1. The van der Waals surface area contributed by atoms with Gasteiger partial charge in [0.15, 0.2) is 0 Å². The average Bonchev–Trinajstić information content (AvgIpc) is 2.28. The molecule has 0 aliphatic carbocycles. The second-order valence-corrected chi connectivity index (χ2v) is 5.05. The highest BCUT2D eigenvalue weighted by Crippen LogP contribution is 2.18. The van der Waals surface area contributed by atoms with Gasteiger partial charge in [0.05, 0.1) is 6.54 Å². The number of nitrogens with zero attached hydrogens (tertiary/aromatic N) is 1. The largest absolute Gasteiger partial charge is 0.401 e. The van der Waals surface area contributed by atoms with Crippen LogP contribution in [0.25, 0.3) is 0 Å². The number of alkyl halides is 3. The second-order valence-electron chi connectivity index (χ2n) is 4.61. The van der Waals surface area contributed by atoms with Crippen molar-refractivity contribution in [3.05, 3.63) is 29.3 Å². The molecule has 0 amide bonds. The summed E-state index contributed by atoms with van der Waals surface area (Å²) >= 11 is 5.75. The van der Waals surface area contributed by atoms with Gasteiger partial charge in [-0.05, 0) is 38.1 Å². The maximum Gasteiger partial charge on any atom is 0.401 e. The lowest BCUT2D eigenvalue weighted by molar-refractivity contribution is -0.149. The zero-order chi connectivity index (χ0) is 14.5. The van der Waals surface area contributed by atoms with E-state index < -0.39 is 12.7 Å². The smallest absolute Gasteiger partial charge is 0.384 e. The Hall–Kier alpha value is -0.940. The van der Waals surface area contributed by atoms with Gasteiger partial charge in [-0.1, -0.05) is 11.6 Å². The van der Waals surface area contributed by atoms with Gasteiger partial charge in [0.2, 0.25) is 0 Å². The predicted molar refractivity (Wildman–Crippen MR) is 72.7 cm³/mol. The number of rotatable bonds is 6. The number of benzene rings is 1. The van der Waals surface area contributed by atoms with Crippen molar-refractivity contribution in [3.8, 4) is 0 Å². The molecule has 0 saturated carbocycles. The van der Waals surface area contributed by atoms with Crippen LogP contribution < -0.4 is 5.32 Å². The molecule has 0 unspecified atom stereocenters. The third kappa shape index (κ3) is 6.68. The van der Waals surface area contributed by atoms with E-state index in [-0.39, 0.29) is 6.04 Å².